The number of anilines is 1. The average molecular weight is 372 g/mol. The van der Waals surface area contributed by atoms with Crippen LogP contribution in [0.1, 0.15) is 25.8 Å². The lowest BCUT2D eigenvalue weighted by Crippen LogP contribution is -2.46. The Morgan fingerprint density at radius 1 is 1.26 bits per heavy atom. The van der Waals surface area contributed by atoms with Crippen molar-refractivity contribution < 1.29 is 13.9 Å². The number of amides is 1. The minimum atomic E-state index is -0.273. The number of ether oxygens (including phenoxy) is 1. The van der Waals surface area contributed by atoms with Crippen molar-refractivity contribution in [2.24, 2.45) is 5.92 Å². The lowest BCUT2D eigenvalue weighted by Gasteiger charge is -2.35. The highest BCUT2D eigenvalue weighted by atomic mass is 19.1. The fraction of sp³-hybridized carbons (Fsp3) is 0.450. The Hall–Kier alpha value is -2.70. The third-order valence-corrected chi connectivity index (χ3v) is 4.92. The third kappa shape index (κ3) is 4.53. The molecule has 0 spiro atoms. The van der Waals surface area contributed by atoms with Crippen molar-refractivity contribution in [2.45, 2.75) is 32.9 Å². The van der Waals surface area contributed by atoms with Crippen LogP contribution in [0.2, 0.25) is 0 Å². The number of nitrogens with zero attached hydrogens (tertiary/aromatic N) is 4. The first-order valence-corrected chi connectivity index (χ1v) is 9.13. The lowest BCUT2D eigenvalue weighted by atomic mass is 10.0. The molecule has 0 radical (unpaired) electrons. The molecule has 7 heteroatoms. The fourth-order valence-electron chi connectivity index (χ4n) is 3.36. The molecular formula is C20H25FN4O2. The smallest absolute Gasteiger partial charge is 0.224 e. The van der Waals surface area contributed by atoms with Crippen molar-refractivity contribution in [2.75, 3.05) is 25.1 Å². The topological polar surface area (TPSA) is 58.6 Å². The second kappa shape index (κ2) is 8.33. The molecule has 2 aromatic rings. The Morgan fingerprint density at radius 3 is 2.67 bits per heavy atom. The van der Waals surface area contributed by atoms with Gasteiger partial charge in [-0.05, 0) is 23.6 Å². The SMILES string of the molecule is COc1cc(N2CCC(=O)N(Cc3ccc(F)cc3)[C@H](C(C)C)C2)ncn1. The largest absolute Gasteiger partial charge is 0.481 e. The van der Waals surface area contributed by atoms with E-state index < -0.39 is 0 Å². The second-order valence-corrected chi connectivity index (χ2v) is 7.07. The Labute approximate surface area is 159 Å². The molecule has 0 aliphatic carbocycles. The van der Waals surface area contributed by atoms with Gasteiger partial charge in [0.05, 0.1) is 13.2 Å². The monoisotopic (exact) mass is 372 g/mol. The Kier molecular flexibility index (Phi) is 5.88. The van der Waals surface area contributed by atoms with Crippen LogP contribution in [0.3, 0.4) is 0 Å². The Morgan fingerprint density at radius 2 is 2.00 bits per heavy atom. The summed E-state index contributed by atoms with van der Waals surface area (Å²) in [5, 5.41) is 0. The molecule has 0 unspecified atom stereocenters. The molecule has 2 heterocycles. The quantitative estimate of drug-likeness (QED) is 0.808. The molecule has 1 aromatic carbocycles. The molecule has 0 N–H and O–H groups in total. The van der Waals surface area contributed by atoms with Gasteiger partial charge in [0.1, 0.15) is 18.0 Å². The van der Waals surface area contributed by atoms with Gasteiger partial charge in [-0.3, -0.25) is 4.79 Å². The molecule has 1 amide bonds. The zero-order valence-electron chi connectivity index (χ0n) is 15.9. The van der Waals surface area contributed by atoms with Crippen LogP contribution in [0.5, 0.6) is 5.88 Å². The van der Waals surface area contributed by atoms with Crippen molar-refractivity contribution in [1.82, 2.24) is 14.9 Å². The van der Waals surface area contributed by atoms with E-state index in [0.717, 1.165) is 11.4 Å². The van der Waals surface area contributed by atoms with E-state index in [1.54, 1.807) is 25.3 Å². The maximum absolute atomic E-state index is 13.2. The predicted octanol–water partition coefficient (Wildman–Crippen LogP) is 2.89. The van der Waals surface area contributed by atoms with Gasteiger partial charge in [-0.1, -0.05) is 26.0 Å². The molecule has 27 heavy (non-hydrogen) atoms. The summed E-state index contributed by atoms with van der Waals surface area (Å²) in [5.74, 6) is 1.34. The van der Waals surface area contributed by atoms with E-state index in [4.69, 9.17) is 4.74 Å². The van der Waals surface area contributed by atoms with Gasteiger partial charge in [-0.25, -0.2) is 14.4 Å². The van der Waals surface area contributed by atoms with E-state index in [1.807, 2.05) is 4.90 Å². The van der Waals surface area contributed by atoms with Crippen molar-refractivity contribution in [1.29, 1.82) is 0 Å². The summed E-state index contributed by atoms with van der Waals surface area (Å²) >= 11 is 0. The first-order valence-electron chi connectivity index (χ1n) is 9.13. The van der Waals surface area contributed by atoms with E-state index in [9.17, 15) is 9.18 Å². The Balaban J connectivity index is 1.84. The number of hydrogen-bond acceptors (Lipinski definition) is 5. The van der Waals surface area contributed by atoms with Crippen LogP contribution < -0.4 is 9.64 Å². The predicted molar refractivity (Wildman–Crippen MR) is 101 cm³/mol. The van der Waals surface area contributed by atoms with E-state index in [0.29, 0.717) is 31.9 Å². The van der Waals surface area contributed by atoms with Crippen molar-refractivity contribution in [3.05, 3.63) is 48.0 Å². The summed E-state index contributed by atoms with van der Waals surface area (Å²) in [4.78, 5) is 25.3. The standard InChI is InChI=1S/C20H25FN4O2/c1-14(2)17-12-24(18-10-19(27-3)23-13-22-18)9-8-20(26)25(17)11-15-4-6-16(21)7-5-15/h4-7,10,13-14,17H,8-9,11-12H2,1-3H3/t17-/m0/s1. The number of halogens is 1. The van der Waals surface area contributed by atoms with Gasteiger partial charge in [-0.2, -0.15) is 0 Å². The fourth-order valence-corrected chi connectivity index (χ4v) is 3.36. The van der Waals surface area contributed by atoms with Crippen LogP contribution in [-0.4, -0.2) is 47.0 Å². The van der Waals surface area contributed by atoms with Crippen LogP contribution in [0.4, 0.5) is 10.2 Å². The summed E-state index contributed by atoms with van der Waals surface area (Å²) in [6.07, 6.45) is 1.87. The summed E-state index contributed by atoms with van der Waals surface area (Å²) in [7, 11) is 1.57. The van der Waals surface area contributed by atoms with Gasteiger partial charge in [0.2, 0.25) is 11.8 Å². The molecule has 1 aromatic heterocycles. The summed E-state index contributed by atoms with van der Waals surface area (Å²) in [6.45, 7) is 5.95. The molecule has 1 aliphatic rings. The van der Waals surface area contributed by atoms with Crippen molar-refractivity contribution in [3.8, 4) is 5.88 Å². The van der Waals surface area contributed by atoms with Crippen LogP contribution in [0, 0.1) is 11.7 Å². The minimum Gasteiger partial charge on any atom is -0.481 e. The van der Waals surface area contributed by atoms with Gasteiger partial charge in [0.25, 0.3) is 0 Å². The highest BCUT2D eigenvalue weighted by molar-refractivity contribution is 5.78. The zero-order chi connectivity index (χ0) is 19.4. The van der Waals surface area contributed by atoms with Crippen LogP contribution in [-0.2, 0) is 11.3 Å². The normalized spacial score (nSPS) is 18.0. The number of rotatable bonds is 5. The van der Waals surface area contributed by atoms with Crippen LogP contribution in [0.25, 0.3) is 0 Å². The van der Waals surface area contributed by atoms with Gasteiger partial charge >= 0.3 is 0 Å². The number of carbonyl (C=O) groups excluding carboxylic acids is 1. The third-order valence-electron chi connectivity index (χ3n) is 4.92. The molecule has 0 saturated carbocycles. The van der Waals surface area contributed by atoms with Gasteiger partial charge in [0.15, 0.2) is 0 Å². The van der Waals surface area contributed by atoms with Crippen LogP contribution >= 0.6 is 0 Å². The van der Waals surface area contributed by atoms with Crippen LogP contribution in [0.15, 0.2) is 36.7 Å². The number of carbonyl (C=O) groups is 1. The molecule has 1 aliphatic heterocycles. The van der Waals surface area contributed by atoms with E-state index >= 15 is 0 Å². The maximum atomic E-state index is 13.2. The molecule has 1 saturated heterocycles. The molecule has 3 rings (SSSR count). The van der Waals surface area contributed by atoms with Crippen molar-refractivity contribution in [3.63, 3.8) is 0 Å². The first kappa shape index (κ1) is 19.1. The molecule has 6 nitrogen and oxygen atoms in total. The molecule has 0 bridgehead atoms. The molecule has 1 atom stereocenters. The molecular weight excluding hydrogens is 347 g/mol. The number of aromatic nitrogens is 2. The number of methoxy groups -OCH3 is 1. The summed E-state index contributed by atoms with van der Waals surface area (Å²) < 4.78 is 18.4. The summed E-state index contributed by atoms with van der Waals surface area (Å²) in [5.41, 5.74) is 0.924. The number of benzene rings is 1. The number of hydrogen-bond donors (Lipinski definition) is 0. The highest BCUT2D eigenvalue weighted by Crippen LogP contribution is 2.25. The van der Waals surface area contributed by atoms with Gasteiger partial charge < -0.3 is 14.5 Å². The second-order valence-electron chi connectivity index (χ2n) is 7.07. The average Bonchev–Trinajstić information content (AvgIpc) is 2.83. The summed E-state index contributed by atoms with van der Waals surface area (Å²) in [6, 6.07) is 8.14. The maximum Gasteiger partial charge on any atom is 0.224 e. The lowest BCUT2D eigenvalue weighted by molar-refractivity contribution is -0.134. The highest BCUT2D eigenvalue weighted by Gasteiger charge is 2.32. The molecule has 1 fully saturated rings. The zero-order valence-corrected chi connectivity index (χ0v) is 15.9. The minimum absolute atomic E-state index is 0.0195. The first-order chi connectivity index (χ1) is 13.0. The van der Waals surface area contributed by atoms with E-state index in [2.05, 4.69) is 28.7 Å². The van der Waals surface area contributed by atoms with E-state index in [1.165, 1.54) is 18.5 Å². The van der Waals surface area contributed by atoms with E-state index in [-0.39, 0.29) is 23.7 Å². The van der Waals surface area contributed by atoms with Gasteiger partial charge in [-0.15, -0.1) is 0 Å². The molecule has 144 valence electrons. The Bertz CT molecular complexity index is 782. The van der Waals surface area contributed by atoms with Crippen molar-refractivity contribution >= 4 is 11.7 Å². The van der Waals surface area contributed by atoms with Gasteiger partial charge in [0, 0.05) is 32.1 Å².